The molecular formula is C24H30N2O5S. The zero-order chi connectivity index (χ0) is 23.6. The van der Waals surface area contributed by atoms with Gasteiger partial charge in [0.2, 0.25) is 0 Å². The lowest BCUT2D eigenvalue weighted by molar-refractivity contribution is -0.137. The summed E-state index contributed by atoms with van der Waals surface area (Å²) in [6.07, 6.45) is 4.60. The summed E-state index contributed by atoms with van der Waals surface area (Å²) in [6.45, 7) is 11.6. The topological polar surface area (TPSA) is 86.8 Å². The summed E-state index contributed by atoms with van der Waals surface area (Å²) in [6, 6.07) is 7.23. The molecule has 0 aliphatic rings. The molecule has 2 aromatic rings. The molecule has 1 N–H and O–H groups in total. The Bertz CT molecular complexity index is 929. The second-order valence-electron chi connectivity index (χ2n) is 7.84. The minimum Gasteiger partial charge on any atom is -0.490 e. The summed E-state index contributed by atoms with van der Waals surface area (Å²) < 4.78 is 15.8. The smallest absolute Gasteiger partial charge is 0.408 e. The number of alkyl carbamates (subject to hydrolysis) is 1. The number of amides is 1. The Hall–Kier alpha value is -3.13. The van der Waals surface area contributed by atoms with E-state index in [0.717, 1.165) is 11.3 Å². The molecule has 1 aromatic heterocycles. The van der Waals surface area contributed by atoms with Gasteiger partial charge in [-0.3, -0.25) is 0 Å². The van der Waals surface area contributed by atoms with E-state index in [9.17, 15) is 9.59 Å². The first-order valence-corrected chi connectivity index (χ1v) is 11.2. The maximum absolute atomic E-state index is 12.4. The molecule has 7 nitrogen and oxygen atoms in total. The third-order valence-corrected chi connectivity index (χ3v) is 4.91. The molecule has 2 rings (SSSR count). The van der Waals surface area contributed by atoms with Crippen LogP contribution in [0.4, 0.5) is 4.79 Å². The molecule has 0 bridgehead atoms. The molecule has 0 aliphatic heterocycles. The maximum atomic E-state index is 12.4. The highest BCUT2D eigenvalue weighted by Crippen LogP contribution is 2.25. The summed E-state index contributed by atoms with van der Waals surface area (Å²) in [5.74, 6) is 0.315. The Balaban J connectivity index is 2.18. The SMILES string of the molecule is C=CCOc1ccc(CC(NC(=O)OC(C)(C)C)c2nc(/C=C/C(=O)OCC)cs2)cc1. The van der Waals surface area contributed by atoms with Crippen molar-refractivity contribution in [3.05, 3.63) is 64.6 Å². The summed E-state index contributed by atoms with van der Waals surface area (Å²) in [5, 5.41) is 5.43. The molecule has 0 saturated carbocycles. The van der Waals surface area contributed by atoms with Crippen molar-refractivity contribution in [2.75, 3.05) is 13.2 Å². The van der Waals surface area contributed by atoms with Gasteiger partial charge in [0, 0.05) is 11.5 Å². The highest BCUT2D eigenvalue weighted by atomic mass is 32.1. The maximum Gasteiger partial charge on any atom is 0.408 e. The Morgan fingerprint density at radius 1 is 1.25 bits per heavy atom. The molecule has 172 valence electrons. The minimum atomic E-state index is -0.616. The van der Waals surface area contributed by atoms with Gasteiger partial charge in [-0.15, -0.1) is 11.3 Å². The zero-order valence-electron chi connectivity index (χ0n) is 18.9. The number of thiazole rings is 1. The van der Waals surface area contributed by atoms with E-state index in [1.165, 1.54) is 17.4 Å². The fraction of sp³-hybridized carbons (Fsp3) is 0.375. The molecule has 1 amide bonds. The number of esters is 1. The average molecular weight is 459 g/mol. The van der Waals surface area contributed by atoms with Crippen LogP contribution in [0.1, 0.15) is 50.0 Å². The molecule has 1 aromatic carbocycles. The van der Waals surface area contributed by atoms with E-state index in [1.807, 2.05) is 50.4 Å². The number of hydrogen-bond donors (Lipinski definition) is 1. The number of nitrogens with one attached hydrogen (secondary N) is 1. The molecular weight excluding hydrogens is 428 g/mol. The van der Waals surface area contributed by atoms with Gasteiger partial charge in [-0.25, -0.2) is 14.6 Å². The minimum absolute atomic E-state index is 0.310. The lowest BCUT2D eigenvalue weighted by Crippen LogP contribution is -2.35. The quantitative estimate of drug-likeness (QED) is 0.303. The van der Waals surface area contributed by atoms with Crippen molar-refractivity contribution in [3.8, 4) is 5.75 Å². The molecule has 1 atom stereocenters. The first-order chi connectivity index (χ1) is 15.2. The van der Waals surface area contributed by atoms with Crippen molar-refractivity contribution in [2.24, 2.45) is 0 Å². The number of carbonyl (C=O) groups is 2. The second-order valence-corrected chi connectivity index (χ2v) is 8.73. The van der Waals surface area contributed by atoms with Crippen LogP contribution in [0.15, 0.2) is 48.4 Å². The lowest BCUT2D eigenvalue weighted by Gasteiger charge is -2.23. The van der Waals surface area contributed by atoms with Gasteiger partial charge in [0.15, 0.2) is 0 Å². The van der Waals surface area contributed by atoms with Crippen molar-refractivity contribution in [1.29, 1.82) is 0 Å². The van der Waals surface area contributed by atoms with Crippen molar-refractivity contribution in [1.82, 2.24) is 10.3 Å². The largest absolute Gasteiger partial charge is 0.490 e. The highest BCUT2D eigenvalue weighted by Gasteiger charge is 2.23. The lowest BCUT2D eigenvalue weighted by atomic mass is 10.1. The van der Waals surface area contributed by atoms with Crippen LogP contribution >= 0.6 is 11.3 Å². The third kappa shape index (κ3) is 8.93. The van der Waals surface area contributed by atoms with E-state index < -0.39 is 23.7 Å². The van der Waals surface area contributed by atoms with Gasteiger partial charge < -0.3 is 19.5 Å². The molecule has 0 radical (unpaired) electrons. The Kier molecular flexibility index (Phi) is 9.46. The van der Waals surface area contributed by atoms with Gasteiger partial charge in [0.05, 0.1) is 18.3 Å². The van der Waals surface area contributed by atoms with Crippen molar-refractivity contribution in [2.45, 2.75) is 45.8 Å². The number of ether oxygens (including phenoxy) is 3. The van der Waals surface area contributed by atoms with E-state index >= 15 is 0 Å². The van der Waals surface area contributed by atoms with E-state index in [-0.39, 0.29) is 0 Å². The highest BCUT2D eigenvalue weighted by molar-refractivity contribution is 7.09. The molecule has 8 heteroatoms. The van der Waals surface area contributed by atoms with E-state index in [2.05, 4.69) is 16.9 Å². The van der Waals surface area contributed by atoms with Crippen molar-refractivity contribution < 1.29 is 23.8 Å². The van der Waals surface area contributed by atoms with Crippen LogP contribution in [-0.4, -0.2) is 35.9 Å². The molecule has 0 fully saturated rings. The number of aromatic nitrogens is 1. The fourth-order valence-electron chi connectivity index (χ4n) is 2.64. The number of nitrogens with zero attached hydrogens (tertiary/aromatic N) is 1. The summed E-state index contributed by atoms with van der Waals surface area (Å²) in [7, 11) is 0. The Morgan fingerprint density at radius 2 is 1.97 bits per heavy atom. The van der Waals surface area contributed by atoms with Gasteiger partial charge in [-0.05, 0) is 57.9 Å². The molecule has 1 unspecified atom stereocenters. The first-order valence-electron chi connectivity index (χ1n) is 10.3. The molecule has 0 saturated heterocycles. The molecule has 0 aliphatic carbocycles. The second kappa shape index (κ2) is 12.0. The average Bonchev–Trinajstić information content (AvgIpc) is 3.19. The molecule has 1 heterocycles. The first kappa shape index (κ1) is 25.1. The summed E-state index contributed by atoms with van der Waals surface area (Å²) >= 11 is 1.40. The zero-order valence-corrected chi connectivity index (χ0v) is 19.7. The molecule has 0 spiro atoms. The fourth-order valence-corrected chi connectivity index (χ4v) is 3.48. The third-order valence-electron chi connectivity index (χ3n) is 3.94. The van der Waals surface area contributed by atoms with Crippen LogP contribution in [0.25, 0.3) is 6.08 Å². The van der Waals surface area contributed by atoms with Gasteiger partial charge in [0.25, 0.3) is 0 Å². The summed E-state index contributed by atoms with van der Waals surface area (Å²) in [5.41, 5.74) is 0.993. The van der Waals surface area contributed by atoms with Gasteiger partial charge in [-0.2, -0.15) is 0 Å². The van der Waals surface area contributed by atoms with E-state index in [0.29, 0.717) is 30.3 Å². The van der Waals surface area contributed by atoms with Crippen molar-refractivity contribution >= 4 is 29.5 Å². The van der Waals surface area contributed by atoms with E-state index in [4.69, 9.17) is 14.2 Å². The van der Waals surface area contributed by atoms with Crippen LogP contribution in [0.3, 0.4) is 0 Å². The van der Waals surface area contributed by atoms with Crippen LogP contribution < -0.4 is 10.1 Å². The number of carbonyl (C=O) groups excluding carboxylic acids is 2. The number of benzene rings is 1. The van der Waals surface area contributed by atoms with Gasteiger partial charge in [0.1, 0.15) is 23.0 Å². The van der Waals surface area contributed by atoms with Gasteiger partial charge >= 0.3 is 12.1 Å². The van der Waals surface area contributed by atoms with Crippen LogP contribution in [0.5, 0.6) is 5.75 Å². The standard InChI is InChI=1S/C24H30N2O5S/c1-6-14-30-19-11-8-17(9-12-19)15-20(26-23(28)31-24(3,4)5)22-25-18(16-32-22)10-13-21(27)29-7-2/h6,8-13,16,20H,1,7,14-15H2,2-5H3,(H,26,28)/b13-10+. The molecule has 32 heavy (non-hydrogen) atoms. The van der Waals surface area contributed by atoms with Crippen LogP contribution in [0, 0.1) is 0 Å². The predicted octanol–water partition coefficient (Wildman–Crippen LogP) is 5.09. The summed E-state index contributed by atoms with van der Waals surface area (Å²) in [4.78, 5) is 28.5. The van der Waals surface area contributed by atoms with Gasteiger partial charge in [-0.1, -0.05) is 24.8 Å². The Morgan fingerprint density at radius 3 is 2.59 bits per heavy atom. The van der Waals surface area contributed by atoms with Crippen LogP contribution in [0.2, 0.25) is 0 Å². The van der Waals surface area contributed by atoms with Crippen molar-refractivity contribution in [3.63, 3.8) is 0 Å². The normalized spacial score (nSPS) is 12.2. The van der Waals surface area contributed by atoms with Crippen LogP contribution in [-0.2, 0) is 20.7 Å². The van der Waals surface area contributed by atoms with E-state index in [1.54, 1.807) is 19.1 Å². The number of hydrogen-bond acceptors (Lipinski definition) is 7. The predicted molar refractivity (Wildman–Crippen MR) is 126 cm³/mol. The monoisotopic (exact) mass is 458 g/mol. The Labute approximate surface area is 193 Å². The number of rotatable bonds is 10.